The number of nitrogens with one attached hydrogen (secondary N) is 3. The monoisotopic (exact) mass is 493 g/mol. The Bertz CT molecular complexity index is 1030. The van der Waals surface area contributed by atoms with Gasteiger partial charge in [0.25, 0.3) is 0 Å². The lowest BCUT2D eigenvalue weighted by Gasteiger charge is -2.13. The van der Waals surface area contributed by atoms with Crippen molar-refractivity contribution in [2.75, 3.05) is 25.2 Å². The summed E-state index contributed by atoms with van der Waals surface area (Å²) in [6, 6.07) is 7.29. The van der Waals surface area contributed by atoms with Crippen LogP contribution in [0.5, 0.6) is 11.5 Å². The molecule has 0 bridgehead atoms. The Balaban J connectivity index is 1.53. The zero-order valence-corrected chi connectivity index (χ0v) is 18.6. The van der Waals surface area contributed by atoms with Gasteiger partial charge in [-0.3, -0.25) is 15.6 Å². The van der Waals surface area contributed by atoms with Gasteiger partial charge in [0.15, 0.2) is 11.5 Å². The van der Waals surface area contributed by atoms with E-state index in [0.717, 1.165) is 0 Å². The van der Waals surface area contributed by atoms with E-state index in [1.54, 1.807) is 6.07 Å². The summed E-state index contributed by atoms with van der Waals surface area (Å²) in [5.74, 6) is 0.393. The molecule has 3 rings (SSSR count). The Kier molecular flexibility index (Phi) is 7.54. The van der Waals surface area contributed by atoms with Crippen LogP contribution in [-0.4, -0.2) is 34.1 Å². The molecule has 8 nitrogen and oxygen atoms in total. The first-order valence-electron chi connectivity index (χ1n) is 8.85. The van der Waals surface area contributed by atoms with Crippen LogP contribution in [0.4, 0.5) is 5.69 Å². The number of carbonyl (C=O) groups is 1. The highest BCUT2D eigenvalue weighted by Crippen LogP contribution is 2.33. The van der Waals surface area contributed by atoms with Gasteiger partial charge in [-0.25, -0.2) is 13.1 Å². The molecule has 2 aromatic rings. The molecule has 162 valence electrons. The van der Waals surface area contributed by atoms with Gasteiger partial charge in [0.2, 0.25) is 15.9 Å². The SMILES string of the molecule is O=C(CCNS(=O)(=O)c1ccc2c(c1)OCCCO2)NNc1c(Cl)cc(Cl)cc1Cl. The summed E-state index contributed by atoms with van der Waals surface area (Å²) in [5.41, 5.74) is 5.28. The van der Waals surface area contributed by atoms with E-state index in [4.69, 9.17) is 44.3 Å². The first-order valence-corrected chi connectivity index (χ1v) is 11.5. The second kappa shape index (κ2) is 9.93. The fraction of sp³-hybridized carbons (Fsp3) is 0.278. The molecular formula is C18H18Cl3N3O5S. The number of carbonyl (C=O) groups excluding carboxylic acids is 1. The molecule has 0 spiro atoms. The molecule has 0 saturated heterocycles. The van der Waals surface area contributed by atoms with E-state index in [9.17, 15) is 13.2 Å². The lowest BCUT2D eigenvalue weighted by Crippen LogP contribution is -2.33. The van der Waals surface area contributed by atoms with Crippen LogP contribution in [0.3, 0.4) is 0 Å². The van der Waals surface area contributed by atoms with Crippen molar-refractivity contribution >= 4 is 56.4 Å². The molecule has 30 heavy (non-hydrogen) atoms. The minimum atomic E-state index is -3.83. The van der Waals surface area contributed by atoms with Crippen LogP contribution in [0.2, 0.25) is 15.1 Å². The molecule has 0 fully saturated rings. The second-order valence-electron chi connectivity index (χ2n) is 6.22. The quantitative estimate of drug-likeness (QED) is 0.508. The van der Waals surface area contributed by atoms with Crippen molar-refractivity contribution in [1.29, 1.82) is 0 Å². The van der Waals surface area contributed by atoms with Crippen molar-refractivity contribution < 1.29 is 22.7 Å². The zero-order chi connectivity index (χ0) is 21.7. The normalized spacial score (nSPS) is 13.4. The minimum Gasteiger partial charge on any atom is -0.490 e. The second-order valence-corrected chi connectivity index (χ2v) is 9.24. The number of fused-ring (bicyclic) bond motifs is 1. The van der Waals surface area contributed by atoms with Gasteiger partial charge in [0.05, 0.1) is 33.8 Å². The summed E-state index contributed by atoms with van der Waals surface area (Å²) < 4.78 is 38.3. The predicted octanol–water partition coefficient (Wildman–Crippen LogP) is 3.62. The van der Waals surface area contributed by atoms with Crippen molar-refractivity contribution in [3.63, 3.8) is 0 Å². The van der Waals surface area contributed by atoms with Crippen molar-refractivity contribution in [2.45, 2.75) is 17.7 Å². The number of ether oxygens (including phenoxy) is 2. The molecule has 0 aromatic heterocycles. The molecule has 1 aliphatic rings. The van der Waals surface area contributed by atoms with Crippen LogP contribution >= 0.6 is 34.8 Å². The van der Waals surface area contributed by atoms with Gasteiger partial charge in [-0.2, -0.15) is 0 Å². The van der Waals surface area contributed by atoms with Crippen molar-refractivity contribution in [3.8, 4) is 11.5 Å². The maximum Gasteiger partial charge on any atom is 0.240 e. The maximum absolute atomic E-state index is 12.5. The van der Waals surface area contributed by atoms with Crippen LogP contribution in [0.1, 0.15) is 12.8 Å². The summed E-state index contributed by atoms with van der Waals surface area (Å²) in [4.78, 5) is 12.0. The van der Waals surface area contributed by atoms with Crippen LogP contribution in [0.15, 0.2) is 35.2 Å². The Labute approximate surface area is 188 Å². The van der Waals surface area contributed by atoms with Crippen molar-refractivity contribution in [1.82, 2.24) is 10.1 Å². The van der Waals surface area contributed by atoms with Crippen LogP contribution in [0.25, 0.3) is 0 Å². The fourth-order valence-electron chi connectivity index (χ4n) is 2.55. The fourth-order valence-corrected chi connectivity index (χ4v) is 4.51. The first-order chi connectivity index (χ1) is 14.3. The largest absolute Gasteiger partial charge is 0.490 e. The van der Waals surface area contributed by atoms with Gasteiger partial charge in [-0.05, 0) is 24.3 Å². The number of halogens is 3. The molecule has 0 atom stereocenters. The highest BCUT2D eigenvalue weighted by molar-refractivity contribution is 7.89. The summed E-state index contributed by atoms with van der Waals surface area (Å²) in [5, 5.41) is 0.803. The van der Waals surface area contributed by atoms with Gasteiger partial charge in [-0.1, -0.05) is 34.8 Å². The highest BCUT2D eigenvalue weighted by Gasteiger charge is 2.19. The molecular weight excluding hydrogens is 477 g/mol. The number of amides is 1. The number of hydrogen-bond acceptors (Lipinski definition) is 6. The Hall–Kier alpha value is -1.91. The summed E-state index contributed by atoms with van der Waals surface area (Å²) in [6.45, 7) is 0.831. The Morgan fingerprint density at radius 3 is 2.37 bits per heavy atom. The average molecular weight is 495 g/mol. The summed E-state index contributed by atoms with van der Waals surface area (Å²) in [6.07, 6.45) is 0.588. The summed E-state index contributed by atoms with van der Waals surface area (Å²) >= 11 is 17.9. The molecule has 1 aliphatic heterocycles. The van der Waals surface area contributed by atoms with E-state index in [-0.39, 0.29) is 33.6 Å². The third kappa shape index (κ3) is 5.83. The van der Waals surface area contributed by atoms with Gasteiger partial charge in [0.1, 0.15) is 0 Å². The average Bonchev–Trinajstić information content (AvgIpc) is 2.91. The molecule has 3 N–H and O–H groups in total. The lowest BCUT2D eigenvalue weighted by atomic mass is 10.3. The number of anilines is 1. The van der Waals surface area contributed by atoms with E-state index < -0.39 is 15.9 Å². The number of sulfonamides is 1. The molecule has 2 aromatic carbocycles. The zero-order valence-electron chi connectivity index (χ0n) is 15.5. The molecule has 0 aliphatic carbocycles. The molecule has 1 amide bonds. The van der Waals surface area contributed by atoms with Gasteiger partial charge in [-0.15, -0.1) is 0 Å². The molecule has 0 saturated carbocycles. The number of hydrogen-bond donors (Lipinski definition) is 3. The van der Waals surface area contributed by atoms with Gasteiger partial charge in [0, 0.05) is 30.5 Å². The Morgan fingerprint density at radius 1 is 1.00 bits per heavy atom. The number of hydrazine groups is 1. The van der Waals surface area contributed by atoms with Crippen LogP contribution < -0.4 is 25.0 Å². The molecule has 0 radical (unpaired) electrons. The van der Waals surface area contributed by atoms with Crippen molar-refractivity contribution in [3.05, 3.63) is 45.4 Å². The van der Waals surface area contributed by atoms with Crippen molar-refractivity contribution in [2.24, 2.45) is 0 Å². The lowest BCUT2D eigenvalue weighted by molar-refractivity contribution is -0.120. The summed E-state index contributed by atoms with van der Waals surface area (Å²) in [7, 11) is -3.83. The Morgan fingerprint density at radius 2 is 1.67 bits per heavy atom. The maximum atomic E-state index is 12.5. The van der Waals surface area contributed by atoms with Gasteiger partial charge >= 0.3 is 0 Å². The predicted molar refractivity (Wildman–Crippen MR) is 115 cm³/mol. The van der Waals surface area contributed by atoms with Crippen LogP contribution in [0, 0.1) is 0 Å². The number of benzene rings is 2. The van der Waals surface area contributed by atoms with E-state index in [1.807, 2.05) is 0 Å². The van der Waals surface area contributed by atoms with E-state index in [0.29, 0.717) is 36.2 Å². The molecule has 12 heteroatoms. The third-order valence-corrected chi connectivity index (χ3v) is 6.28. The molecule has 0 unspecified atom stereocenters. The van der Waals surface area contributed by atoms with E-state index in [2.05, 4.69) is 15.6 Å². The van der Waals surface area contributed by atoms with E-state index in [1.165, 1.54) is 24.3 Å². The van der Waals surface area contributed by atoms with Crippen LogP contribution in [-0.2, 0) is 14.8 Å². The smallest absolute Gasteiger partial charge is 0.240 e. The first kappa shape index (κ1) is 22.8. The standard InChI is InChI=1S/C18H18Cl3N3O5S/c19-11-8-13(20)18(14(21)9-11)24-23-17(25)4-5-22-30(26,27)12-2-3-15-16(10-12)29-7-1-6-28-15/h2-3,8-10,22,24H,1,4-7H2,(H,23,25). The third-order valence-electron chi connectivity index (χ3n) is 4.01. The highest BCUT2D eigenvalue weighted by atomic mass is 35.5. The van der Waals surface area contributed by atoms with E-state index >= 15 is 0 Å². The molecule has 1 heterocycles. The minimum absolute atomic E-state index is 0.0185. The van der Waals surface area contributed by atoms with Gasteiger partial charge < -0.3 is 9.47 Å². The number of rotatable bonds is 7. The topological polar surface area (TPSA) is 106 Å².